The monoisotopic (exact) mass is 332 g/mol. The molecule has 1 heterocycles. The predicted molar refractivity (Wildman–Crippen MR) is 95.6 cm³/mol. The van der Waals surface area contributed by atoms with Crippen molar-refractivity contribution in [2.24, 2.45) is 0 Å². The van der Waals surface area contributed by atoms with Gasteiger partial charge in [-0.15, -0.1) is 0 Å². The molecule has 0 unspecified atom stereocenters. The van der Waals surface area contributed by atoms with E-state index in [0.29, 0.717) is 0 Å². The molecule has 0 radical (unpaired) electrons. The lowest BCUT2D eigenvalue weighted by molar-refractivity contribution is -0.707. The Labute approximate surface area is 144 Å². The van der Waals surface area contributed by atoms with Crippen LogP contribution in [0.2, 0.25) is 5.02 Å². The molecule has 2 aromatic rings. The summed E-state index contributed by atoms with van der Waals surface area (Å²) < 4.78 is 6.06. The molecule has 0 bridgehead atoms. The van der Waals surface area contributed by atoms with E-state index in [1.54, 1.807) is 0 Å². The zero-order chi connectivity index (χ0) is 16.1. The van der Waals surface area contributed by atoms with E-state index in [1.165, 1.54) is 44.9 Å². The van der Waals surface area contributed by atoms with E-state index in [1.807, 2.05) is 19.1 Å². The van der Waals surface area contributed by atoms with E-state index < -0.39 is 0 Å². The van der Waals surface area contributed by atoms with Gasteiger partial charge in [-0.2, -0.15) is 0 Å². The molecule has 0 aliphatic heterocycles. The first-order valence-corrected chi connectivity index (χ1v) is 9.29. The summed E-state index contributed by atoms with van der Waals surface area (Å²) in [4.78, 5) is 0. The average molecular weight is 333 g/mol. The quantitative estimate of drug-likeness (QED) is 0.830. The van der Waals surface area contributed by atoms with Crippen molar-refractivity contribution in [2.45, 2.75) is 64.5 Å². The lowest BCUT2D eigenvalue weighted by Gasteiger charge is -2.17. The highest BCUT2D eigenvalue weighted by Gasteiger charge is 2.15. The average Bonchev–Trinajstić information content (AvgIpc) is 2.98. The Morgan fingerprint density at radius 1 is 1.04 bits per heavy atom. The van der Waals surface area contributed by atoms with Gasteiger partial charge in [0.25, 0.3) is 0 Å². The van der Waals surface area contributed by atoms with Crippen molar-refractivity contribution < 1.29 is 9.73 Å². The number of halogens is 1. The summed E-state index contributed by atoms with van der Waals surface area (Å²) in [5.74, 6) is 1.98. The van der Waals surface area contributed by atoms with Crippen molar-refractivity contribution in [3.8, 4) is 11.3 Å². The van der Waals surface area contributed by atoms with Gasteiger partial charge in [-0.05, 0) is 56.4 Å². The van der Waals surface area contributed by atoms with Gasteiger partial charge in [-0.25, -0.2) is 0 Å². The highest BCUT2D eigenvalue weighted by atomic mass is 35.5. The van der Waals surface area contributed by atoms with Gasteiger partial charge < -0.3 is 9.73 Å². The van der Waals surface area contributed by atoms with Gasteiger partial charge in [0.2, 0.25) is 0 Å². The van der Waals surface area contributed by atoms with Crippen molar-refractivity contribution in [3.63, 3.8) is 0 Å². The number of benzene rings is 1. The van der Waals surface area contributed by atoms with Crippen LogP contribution in [0.4, 0.5) is 0 Å². The second-order valence-corrected chi connectivity index (χ2v) is 7.13. The fourth-order valence-corrected chi connectivity index (χ4v) is 3.69. The SMILES string of the molecule is Cc1c(Cl)cccc1-c1ccc(C[NH2+]C2CCCCCCC2)o1. The molecule has 3 heteroatoms. The first-order chi connectivity index (χ1) is 11.2. The summed E-state index contributed by atoms with van der Waals surface area (Å²) in [7, 11) is 0. The van der Waals surface area contributed by atoms with E-state index in [-0.39, 0.29) is 0 Å². The minimum Gasteiger partial charge on any atom is -0.455 e. The summed E-state index contributed by atoms with van der Waals surface area (Å²) in [6.45, 7) is 2.98. The molecule has 3 rings (SSSR count). The maximum absolute atomic E-state index is 6.21. The summed E-state index contributed by atoms with van der Waals surface area (Å²) in [6.07, 6.45) is 9.69. The third kappa shape index (κ3) is 4.39. The van der Waals surface area contributed by atoms with Gasteiger partial charge >= 0.3 is 0 Å². The van der Waals surface area contributed by atoms with Gasteiger partial charge in [-0.3, -0.25) is 0 Å². The number of hydrogen-bond donors (Lipinski definition) is 1. The molecule has 1 aromatic heterocycles. The minimum absolute atomic E-state index is 0.761. The third-order valence-corrected chi connectivity index (χ3v) is 5.41. The van der Waals surface area contributed by atoms with E-state index in [4.69, 9.17) is 16.0 Å². The van der Waals surface area contributed by atoms with Crippen LogP contribution in [0.25, 0.3) is 11.3 Å². The molecule has 23 heavy (non-hydrogen) atoms. The van der Waals surface area contributed by atoms with Gasteiger partial charge in [0.1, 0.15) is 12.3 Å². The van der Waals surface area contributed by atoms with E-state index >= 15 is 0 Å². The lowest BCUT2D eigenvalue weighted by atomic mass is 9.97. The Bertz CT molecular complexity index is 626. The van der Waals surface area contributed by atoms with Gasteiger partial charge in [0.15, 0.2) is 5.76 Å². The van der Waals surface area contributed by atoms with Crippen molar-refractivity contribution in [3.05, 3.63) is 46.7 Å². The van der Waals surface area contributed by atoms with E-state index in [2.05, 4.69) is 23.5 Å². The molecule has 0 atom stereocenters. The summed E-state index contributed by atoms with van der Waals surface area (Å²) in [5.41, 5.74) is 2.17. The smallest absolute Gasteiger partial charge is 0.158 e. The fourth-order valence-electron chi connectivity index (χ4n) is 3.51. The van der Waals surface area contributed by atoms with Crippen LogP contribution in [0.1, 0.15) is 56.3 Å². The number of nitrogens with two attached hydrogens (primary N) is 1. The predicted octanol–water partition coefficient (Wildman–Crippen LogP) is 5.08. The number of furan rings is 1. The molecule has 0 amide bonds. The first-order valence-electron chi connectivity index (χ1n) is 8.91. The first kappa shape index (κ1) is 16.6. The minimum atomic E-state index is 0.761. The van der Waals surface area contributed by atoms with Crippen LogP contribution in [0.5, 0.6) is 0 Å². The molecule has 2 nitrogen and oxygen atoms in total. The van der Waals surface area contributed by atoms with Crippen molar-refractivity contribution in [1.29, 1.82) is 0 Å². The second-order valence-electron chi connectivity index (χ2n) is 6.72. The number of rotatable bonds is 4. The summed E-state index contributed by atoms with van der Waals surface area (Å²) in [5, 5.41) is 3.26. The standard InChI is InChI=1S/C20H26ClNO/c1-15-18(10-7-11-19(15)21)20-13-12-17(23-20)14-22-16-8-5-3-2-4-6-9-16/h7,10-13,16,22H,2-6,8-9,14H2,1H3/p+1. The van der Waals surface area contributed by atoms with Crippen molar-refractivity contribution >= 4 is 11.6 Å². The molecule has 0 spiro atoms. The summed E-state index contributed by atoms with van der Waals surface area (Å²) >= 11 is 6.21. The normalized spacial score (nSPS) is 17.0. The Morgan fingerprint density at radius 3 is 2.57 bits per heavy atom. The molecule has 2 N–H and O–H groups in total. The molecular formula is C20H27ClNO+. The number of hydrogen-bond acceptors (Lipinski definition) is 1. The maximum Gasteiger partial charge on any atom is 0.158 e. The van der Waals surface area contributed by atoms with Crippen LogP contribution in [-0.4, -0.2) is 6.04 Å². The van der Waals surface area contributed by atoms with Gasteiger partial charge in [0, 0.05) is 10.6 Å². The lowest BCUT2D eigenvalue weighted by Crippen LogP contribution is -2.88. The largest absolute Gasteiger partial charge is 0.455 e. The number of quaternary nitrogens is 1. The Hall–Kier alpha value is -1.25. The van der Waals surface area contributed by atoms with Crippen LogP contribution in [0.3, 0.4) is 0 Å². The zero-order valence-electron chi connectivity index (χ0n) is 14.0. The highest BCUT2D eigenvalue weighted by molar-refractivity contribution is 6.31. The highest BCUT2D eigenvalue weighted by Crippen LogP contribution is 2.29. The molecular weight excluding hydrogens is 306 g/mol. The third-order valence-electron chi connectivity index (χ3n) is 5.00. The summed E-state index contributed by atoms with van der Waals surface area (Å²) in [6, 6.07) is 10.9. The van der Waals surface area contributed by atoms with Crippen molar-refractivity contribution in [2.75, 3.05) is 0 Å². The molecule has 124 valence electrons. The molecule has 1 saturated carbocycles. The Morgan fingerprint density at radius 2 is 1.78 bits per heavy atom. The Kier molecular flexibility index (Phi) is 5.80. The van der Waals surface area contributed by atoms with Crippen LogP contribution < -0.4 is 5.32 Å². The van der Waals surface area contributed by atoms with Crippen LogP contribution in [-0.2, 0) is 6.54 Å². The van der Waals surface area contributed by atoms with Crippen LogP contribution in [0, 0.1) is 6.92 Å². The Balaban J connectivity index is 1.62. The topological polar surface area (TPSA) is 29.8 Å². The van der Waals surface area contributed by atoms with Crippen molar-refractivity contribution in [1.82, 2.24) is 0 Å². The van der Waals surface area contributed by atoms with E-state index in [0.717, 1.165) is 40.3 Å². The fraction of sp³-hybridized carbons (Fsp3) is 0.500. The van der Waals surface area contributed by atoms with Crippen LogP contribution >= 0.6 is 11.6 Å². The maximum atomic E-state index is 6.21. The zero-order valence-corrected chi connectivity index (χ0v) is 14.7. The molecule has 1 aliphatic rings. The molecule has 1 aliphatic carbocycles. The second kappa shape index (κ2) is 8.03. The molecule has 1 fully saturated rings. The molecule has 0 saturated heterocycles. The van der Waals surface area contributed by atoms with Gasteiger partial charge in [-0.1, -0.05) is 43.0 Å². The van der Waals surface area contributed by atoms with Gasteiger partial charge in [0.05, 0.1) is 6.04 Å². The molecule has 1 aromatic carbocycles. The van der Waals surface area contributed by atoms with Crippen LogP contribution in [0.15, 0.2) is 34.7 Å². The van der Waals surface area contributed by atoms with E-state index in [9.17, 15) is 0 Å².